The zero-order valence-electron chi connectivity index (χ0n) is 17.7. The molecular weight excluding hydrogens is 278 g/mol. The standard InChI is InChI=1S/C16H23N5O/c1-3-4-5-8-18-16(17)21-20-11-12-10-19-15-7-6-13(22-2)9-14(12)15/h6-7,9-11,19H,3-5,8H2,1-2H3,(H3,17,18,21)/b20-11+/i6D,7D,9D,10D,11D. The van der Waals surface area contributed by atoms with Crippen LogP contribution in [0.2, 0.25) is 0 Å². The van der Waals surface area contributed by atoms with Crippen LogP contribution in [0.5, 0.6) is 5.75 Å². The van der Waals surface area contributed by atoms with Crippen molar-refractivity contribution < 1.29 is 11.6 Å². The van der Waals surface area contributed by atoms with E-state index < -0.39 is 0 Å². The van der Waals surface area contributed by atoms with E-state index >= 15 is 0 Å². The fourth-order valence-corrected chi connectivity index (χ4v) is 1.78. The van der Waals surface area contributed by atoms with Crippen LogP contribution >= 0.6 is 0 Å². The van der Waals surface area contributed by atoms with E-state index in [0.29, 0.717) is 6.54 Å². The lowest BCUT2D eigenvalue weighted by atomic mass is 10.2. The van der Waals surface area contributed by atoms with Crippen molar-refractivity contribution in [3.8, 4) is 5.75 Å². The average Bonchev–Trinajstić information content (AvgIpc) is 2.99. The van der Waals surface area contributed by atoms with Gasteiger partial charge in [-0.2, -0.15) is 5.10 Å². The van der Waals surface area contributed by atoms with Crippen LogP contribution in [0.15, 0.2) is 34.4 Å². The third kappa shape index (κ3) is 4.25. The van der Waals surface area contributed by atoms with E-state index in [1.54, 1.807) is 0 Å². The fraction of sp³-hybridized carbons (Fsp3) is 0.375. The number of hydrogen-bond donors (Lipinski definition) is 3. The number of guanidine groups is 1. The summed E-state index contributed by atoms with van der Waals surface area (Å²) in [5, 5.41) is 3.96. The lowest BCUT2D eigenvalue weighted by Gasteiger charge is -2.00. The van der Waals surface area contributed by atoms with E-state index in [1.807, 2.05) is 0 Å². The number of aromatic nitrogens is 1. The van der Waals surface area contributed by atoms with Crippen LogP contribution in [0, 0.1) is 0 Å². The van der Waals surface area contributed by atoms with Gasteiger partial charge in [0.05, 0.1) is 20.2 Å². The first-order chi connectivity index (χ1) is 12.8. The zero-order chi connectivity index (χ0) is 20.1. The number of nitrogens with one attached hydrogen (secondary N) is 2. The second-order valence-corrected chi connectivity index (χ2v) is 4.59. The molecule has 0 aliphatic heterocycles. The molecule has 0 bridgehead atoms. The summed E-state index contributed by atoms with van der Waals surface area (Å²) in [5.74, 6) is -0.0361. The van der Waals surface area contributed by atoms with Gasteiger partial charge < -0.3 is 15.5 Å². The van der Waals surface area contributed by atoms with Gasteiger partial charge in [-0.15, -0.1) is 0 Å². The third-order valence-electron chi connectivity index (χ3n) is 2.94. The largest absolute Gasteiger partial charge is 0.497 e. The summed E-state index contributed by atoms with van der Waals surface area (Å²) in [7, 11) is 1.30. The number of rotatable bonds is 7. The molecule has 0 aliphatic carbocycles. The number of hydrogen-bond acceptors (Lipinski definition) is 3. The van der Waals surface area contributed by atoms with Gasteiger partial charge in [0.25, 0.3) is 0 Å². The second-order valence-electron chi connectivity index (χ2n) is 4.59. The minimum Gasteiger partial charge on any atom is -0.497 e. The lowest BCUT2D eigenvalue weighted by molar-refractivity contribution is 0.415. The molecule has 0 spiro atoms. The molecule has 118 valence electrons. The number of unbranched alkanes of at least 4 members (excludes halogenated alkanes) is 2. The molecule has 0 saturated carbocycles. The first-order valence-corrected chi connectivity index (χ1v) is 7.10. The molecule has 0 radical (unpaired) electrons. The van der Waals surface area contributed by atoms with E-state index in [-0.39, 0.29) is 58.7 Å². The van der Waals surface area contributed by atoms with E-state index in [1.165, 1.54) is 7.11 Å². The Hall–Kier alpha value is -2.50. The highest BCUT2D eigenvalue weighted by Gasteiger charge is 2.03. The minimum atomic E-state index is -0.342. The number of methoxy groups -OCH3 is 1. The zero-order valence-corrected chi connectivity index (χ0v) is 12.7. The summed E-state index contributed by atoms with van der Waals surface area (Å²) in [4.78, 5) is 6.74. The Morgan fingerprint density at radius 2 is 2.41 bits per heavy atom. The molecule has 2 aromatic rings. The number of nitrogens with two attached hydrogens (primary N) is 1. The molecule has 6 heteroatoms. The summed E-state index contributed by atoms with van der Waals surface area (Å²) in [6, 6.07) is -0.650. The first-order valence-electron chi connectivity index (χ1n) is 9.60. The van der Waals surface area contributed by atoms with Crippen LogP contribution in [0.25, 0.3) is 10.9 Å². The van der Waals surface area contributed by atoms with Crippen LogP contribution in [-0.4, -0.2) is 30.8 Å². The molecule has 1 heterocycles. The van der Waals surface area contributed by atoms with Gasteiger partial charge in [0, 0.05) is 29.2 Å². The first kappa shape index (κ1) is 10.3. The van der Waals surface area contributed by atoms with Crippen molar-refractivity contribution in [3.05, 3.63) is 29.9 Å². The highest BCUT2D eigenvalue weighted by Crippen LogP contribution is 2.22. The molecule has 6 nitrogen and oxygen atoms in total. The van der Waals surface area contributed by atoms with Gasteiger partial charge in [0.2, 0.25) is 5.96 Å². The smallest absolute Gasteiger partial charge is 0.209 e. The van der Waals surface area contributed by atoms with Gasteiger partial charge in [-0.3, -0.25) is 4.99 Å². The van der Waals surface area contributed by atoms with Gasteiger partial charge in [-0.25, -0.2) is 5.43 Å². The molecule has 0 aliphatic rings. The Morgan fingerprint density at radius 1 is 1.55 bits per heavy atom. The topological polar surface area (TPSA) is 87.8 Å². The quantitative estimate of drug-likeness (QED) is 0.318. The van der Waals surface area contributed by atoms with Crippen molar-refractivity contribution in [1.29, 1.82) is 0 Å². The number of hydrazone groups is 1. The molecule has 1 aromatic heterocycles. The molecule has 0 fully saturated rings. The van der Waals surface area contributed by atoms with Crippen molar-refractivity contribution in [2.45, 2.75) is 26.2 Å². The molecule has 2 rings (SSSR count). The molecule has 1 aromatic carbocycles. The maximum atomic E-state index is 8.23. The van der Waals surface area contributed by atoms with Crippen molar-refractivity contribution >= 4 is 23.1 Å². The van der Waals surface area contributed by atoms with Gasteiger partial charge in [-0.1, -0.05) is 19.8 Å². The van der Waals surface area contributed by atoms with Crippen molar-refractivity contribution in [1.82, 2.24) is 10.4 Å². The Kier molecular flexibility index (Phi) is 3.76. The van der Waals surface area contributed by atoms with Gasteiger partial charge in [-0.05, 0) is 24.5 Å². The molecule has 0 atom stereocenters. The number of aliphatic imine (C=N–C) groups is 1. The summed E-state index contributed by atoms with van der Waals surface area (Å²) in [6.45, 7) is 2.64. The summed E-state index contributed by atoms with van der Waals surface area (Å²) in [5.41, 5.74) is 8.32. The molecule has 0 amide bonds. The van der Waals surface area contributed by atoms with Gasteiger partial charge in [0.15, 0.2) is 0 Å². The van der Waals surface area contributed by atoms with Crippen LogP contribution < -0.4 is 15.9 Å². The van der Waals surface area contributed by atoms with Crippen LogP contribution in [0.3, 0.4) is 0 Å². The number of fused-ring (bicyclic) bond motifs is 1. The highest BCUT2D eigenvalue weighted by atomic mass is 16.5. The summed E-state index contributed by atoms with van der Waals surface area (Å²) < 4.78 is 45.4. The molecule has 22 heavy (non-hydrogen) atoms. The Balaban J connectivity index is 2.40. The van der Waals surface area contributed by atoms with E-state index in [0.717, 1.165) is 19.3 Å². The minimum absolute atomic E-state index is 0.0214. The fourth-order valence-electron chi connectivity index (χ4n) is 1.78. The summed E-state index contributed by atoms with van der Waals surface area (Å²) in [6.07, 6.45) is 2.49. The van der Waals surface area contributed by atoms with Crippen molar-refractivity contribution in [2.24, 2.45) is 15.8 Å². The Morgan fingerprint density at radius 3 is 3.18 bits per heavy atom. The molecule has 0 saturated heterocycles. The van der Waals surface area contributed by atoms with E-state index in [9.17, 15) is 0 Å². The van der Waals surface area contributed by atoms with Crippen LogP contribution in [-0.2, 0) is 0 Å². The molecular formula is C16H23N5O. The van der Waals surface area contributed by atoms with E-state index in [4.69, 9.17) is 17.3 Å². The average molecular weight is 306 g/mol. The number of ether oxygens (including phenoxy) is 1. The predicted octanol–water partition coefficient (Wildman–Crippen LogP) is 2.60. The predicted molar refractivity (Wildman–Crippen MR) is 91.6 cm³/mol. The van der Waals surface area contributed by atoms with Crippen LogP contribution in [0.4, 0.5) is 0 Å². The van der Waals surface area contributed by atoms with Gasteiger partial charge in [0.1, 0.15) is 5.75 Å². The monoisotopic (exact) mass is 306 g/mol. The number of nitrogens with zero attached hydrogens (tertiary/aromatic N) is 2. The second kappa shape index (κ2) is 8.07. The Bertz CT molecular complexity index is 893. The maximum Gasteiger partial charge on any atom is 0.209 e. The van der Waals surface area contributed by atoms with Gasteiger partial charge >= 0.3 is 0 Å². The number of benzene rings is 1. The van der Waals surface area contributed by atoms with Crippen LogP contribution in [0.1, 0.15) is 38.6 Å². The Labute approximate surface area is 137 Å². The van der Waals surface area contributed by atoms with Crippen molar-refractivity contribution in [2.75, 3.05) is 13.7 Å². The SMILES string of the molecule is [2H]/C(=N\NC(N)=NCCCCC)c1c([2H])[nH]c2c([2H])c([2H])c(OC)c([2H])c12. The summed E-state index contributed by atoms with van der Waals surface area (Å²) >= 11 is 0. The number of H-pyrrole nitrogens is 1. The maximum absolute atomic E-state index is 8.23. The van der Waals surface area contributed by atoms with Crippen molar-refractivity contribution in [3.63, 3.8) is 0 Å². The molecule has 4 N–H and O–H groups in total. The third-order valence-corrected chi connectivity index (χ3v) is 2.94. The number of aromatic amines is 1. The van der Waals surface area contributed by atoms with E-state index in [2.05, 4.69) is 27.4 Å². The lowest BCUT2D eigenvalue weighted by Crippen LogP contribution is -2.27. The normalized spacial score (nSPS) is 15.8. The molecule has 0 unspecified atom stereocenters. The highest BCUT2D eigenvalue weighted by molar-refractivity contribution is 5.99.